The number of rotatable bonds is 3. The van der Waals surface area contributed by atoms with Gasteiger partial charge in [-0.2, -0.15) is 0 Å². The number of piperidine rings is 1. The van der Waals surface area contributed by atoms with Crippen LogP contribution < -0.4 is 5.32 Å². The first-order chi connectivity index (χ1) is 10.2. The van der Waals surface area contributed by atoms with Crippen LogP contribution in [0.2, 0.25) is 0 Å². The van der Waals surface area contributed by atoms with Gasteiger partial charge >= 0.3 is 0 Å². The number of hydrogen-bond donors (Lipinski definition) is 1. The predicted molar refractivity (Wildman–Crippen MR) is 89.6 cm³/mol. The van der Waals surface area contributed by atoms with E-state index in [-0.39, 0.29) is 0 Å². The Labute approximate surface area is 131 Å². The summed E-state index contributed by atoms with van der Waals surface area (Å²) in [5.74, 6) is 0.983. The van der Waals surface area contributed by atoms with E-state index in [0.717, 1.165) is 17.4 Å². The van der Waals surface area contributed by atoms with E-state index >= 15 is 0 Å². The molecule has 3 heteroatoms. The second-order valence-electron chi connectivity index (χ2n) is 8.12. The molecule has 0 bridgehead atoms. The summed E-state index contributed by atoms with van der Waals surface area (Å²) in [6.45, 7) is 13.7. The quantitative estimate of drug-likeness (QED) is 0.863. The second kappa shape index (κ2) is 6.97. The van der Waals surface area contributed by atoms with Crippen LogP contribution in [0.4, 0.5) is 0 Å². The summed E-state index contributed by atoms with van der Waals surface area (Å²) in [5.41, 5.74) is 0.728. The van der Waals surface area contributed by atoms with Crippen molar-refractivity contribution in [3.05, 3.63) is 0 Å². The van der Waals surface area contributed by atoms with Crippen LogP contribution in [-0.4, -0.2) is 61.7 Å². The van der Waals surface area contributed by atoms with Crippen molar-refractivity contribution in [1.29, 1.82) is 0 Å². The highest BCUT2D eigenvalue weighted by atomic mass is 15.2. The number of nitrogens with one attached hydrogen (secondary N) is 1. The Morgan fingerprint density at radius 2 is 1.57 bits per heavy atom. The van der Waals surface area contributed by atoms with E-state index in [1.54, 1.807) is 0 Å². The van der Waals surface area contributed by atoms with Gasteiger partial charge in [-0.05, 0) is 76.8 Å². The van der Waals surface area contributed by atoms with Crippen LogP contribution in [0.15, 0.2) is 0 Å². The topological polar surface area (TPSA) is 18.5 Å². The molecule has 3 rings (SSSR count). The van der Waals surface area contributed by atoms with Gasteiger partial charge in [-0.1, -0.05) is 0 Å². The Balaban J connectivity index is 1.42. The average molecular weight is 293 g/mol. The summed E-state index contributed by atoms with van der Waals surface area (Å²) in [4.78, 5) is 5.37. The molecule has 1 aliphatic carbocycles. The molecule has 0 aromatic heterocycles. The van der Waals surface area contributed by atoms with E-state index < -0.39 is 0 Å². The molecule has 1 N–H and O–H groups in total. The Morgan fingerprint density at radius 3 is 2.14 bits per heavy atom. The Kier molecular flexibility index (Phi) is 5.23. The van der Waals surface area contributed by atoms with Crippen molar-refractivity contribution in [2.24, 2.45) is 11.3 Å². The minimum absolute atomic E-state index is 0.728. The van der Waals surface area contributed by atoms with Gasteiger partial charge in [0.15, 0.2) is 0 Å². The highest BCUT2D eigenvalue weighted by molar-refractivity contribution is 4.91. The number of likely N-dealkylation sites (tertiary alicyclic amines) is 1. The smallest absolute Gasteiger partial charge is 0.0107 e. The largest absolute Gasteiger partial charge is 0.314 e. The Bertz CT molecular complexity index is 304. The fourth-order valence-electron chi connectivity index (χ4n) is 4.75. The first kappa shape index (κ1) is 15.8. The highest BCUT2D eigenvalue weighted by Gasteiger charge is 2.38. The molecule has 0 aromatic rings. The molecule has 0 aromatic carbocycles. The van der Waals surface area contributed by atoms with Crippen LogP contribution in [0.3, 0.4) is 0 Å². The predicted octanol–water partition coefficient (Wildman–Crippen LogP) is 2.57. The summed E-state index contributed by atoms with van der Waals surface area (Å²) in [7, 11) is 0. The molecule has 122 valence electrons. The van der Waals surface area contributed by atoms with Crippen molar-refractivity contribution in [3.63, 3.8) is 0 Å². The SMILES string of the molecule is CC(C)N1CCC2(CCC(CN3CCNCC3)CC2)CC1. The molecule has 0 atom stereocenters. The van der Waals surface area contributed by atoms with E-state index in [1.165, 1.54) is 84.3 Å². The van der Waals surface area contributed by atoms with E-state index in [1.807, 2.05) is 0 Å². The first-order valence-electron chi connectivity index (χ1n) is 9.34. The monoisotopic (exact) mass is 293 g/mol. The maximum Gasteiger partial charge on any atom is 0.0107 e. The van der Waals surface area contributed by atoms with Crippen LogP contribution in [0.5, 0.6) is 0 Å². The number of hydrogen-bond acceptors (Lipinski definition) is 3. The van der Waals surface area contributed by atoms with Crippen LogP contribution in [-0.2, 0) is 0 Å². The van der Waals surface area contributed by atoms with Crippen LogP contribution >= 0.6 is 0 Å². The molecule has 0 radical (unpaired) electrons. The van der Waals surface area contributed by atoms with Gasteiger partial charge in [0.05, 0.1) is 0 Å². The standard InChI is InChI=1S/C18H35N3/c1-16(2)21-11-7-18(8-12-21)5-3-17(4-6-18)15-20-13-9-19-10-14-20/h16-17,19H,3-15H2,1-2H3. The molecule has 0 unspecified atom stereocenters. The molecule has 1 saturated carbocycles. The summed E-state index contributed by atoms with van der Waals surface area (Å²) >= 11 is 0. The van der Waals surface area contributed by atoms with Crippen molar-refractivity contribution in [1.82, 2.24) is 15.1 Å². The molecule has 3 fully saturated rings. The molecular weight excluding hydrogens is 258 g/mol. The van der Waals surface area contributed by atoms with Crippen molar-refractivity contribution >= 4 is 0 Å². The molecule has 2 heterocycles. The minimum atomic E-state index is 0.728. The second-order valence-corrected chi connectivity index (χ2v) is 8.12. The average Bonchev–Trinajstić information content (AvgIpc) is 2.51. The number of nitrogens with zero attached hydrogens (tertiary/aromatic N) is 2. The third kappa shape index (κ3) is 4.00. The zero-order valence-electron chi connectivity index (χ0n) is 14.2. The van der Waals surface area contributed by atoms with E-state index in [0.29, 0.717) is 0 Å². The highest BCUT2D eigenvalue weighted by Crippen LogP contribution is 2.46. The Hall–Kier alpha value is -0.120. The van der Waals surface area contributed by atoms with Crippen LogP contribution in [0.1, 0.15) is 52.4 Å². The van der Waals surface area contributed by atoms with Gasteiger partial charge in [0.1, 0.15) is 0 Å². The first-order valence-corrected chi connectivity index (χ1v) is 9.34. The summed E-state index contributed by atoms with van der Waals surface area (Å²) in [5, 5.41) is 3.47. The third-order valence-corrected chi connectivity index (χ3v) is 6.48. The molecular formula is C18H35N3. The lowest BCUT2D eigenvalue weighted by molar-refractivity contribution is 0.0327. The van der Waals surface area contributed by atoms with Gasteiger partial charge in [-0.3, -0.25) is 0 Å². The maximum atomic E-state index is 3.47. The fourth-order valence-corrected chi connectivity index (χ4v) is 4.75. The van der Waals surface area contributed by atoms with E-state index in [4.69, 9.17) is 0 Å². The lowest BCUT2D eigenvalue weighted by Crippen LogP contribution is -2.47. The van der Waals surface area contributed by atoms with Gasteiger partial charge < -0.3 is 15.1 Å². The van der Waals surface area contributed by atoms with Crippen LogP contribution in [0.25, 0.3) is 0 Å². The maximum absolute atomic E-state index is 3.47. The molecule has 3 aliphatic rings. The summed E-state index contributed by atoms with van der Waals surface area (Å²) in [6.07, 6.45) is 8.93. The van der Waals surface area contributed by atoms with Gasteiger partial charge in [-0.15, -0.1) is 0 Å². The zero-order chi connectivity index (χ0) is 14.7. The lowest BCUT2D eigenvalue weighted by atomic mass is 9.65. The van der Waals surface area contributed by atoms with Crippen molar-refractivity contribution in [2.75, 3.05) is 45.8 Å². The normalized spacial score (nSPS) is 29.3. The lowest BCUT2D eigenvalue weighted by Gasteiger charge is -2.47. The van der Waals surface area contributed by atoms with Gasteiger partial charge in [0.25, 0.3) is 0 Å². The molecule has 21 heavy (non-hydrogen) atoms. The summed E-state index contributed by atoms with van der Waals surface area (Å²) in [6, 6.07) is 0.742. The van der Waals surface area contributed by atoms with Crippen molar-refractivity contribution < 1.29 is 0 Å². The molecule has 3 nitrogen and oxygen atoms in total. The molecule has 0 amide bonds. The van der Waals surface area contributed by atoms with Crippen LogP contribution in [0, 0.1) is 11.3 Å². The minimum Gasteiger partial charge on any atom is -0.314 e. The molecule has 1 spiro atoms. The third-order valence-electron chi connectivity index (χ3n) is 6.48. The van der Waals surface area contributed by atoms with Crippen molar-refractivity contribution in [2.45, 2.75) is 58.4 Å². The van der Waals surface area contributed by atoms with E-state index in [2.05, 4.69) is 29.0 Å². The van der Waals surface area contributed by atoms with Gasteiger partial charge in [0, 0.05) is 38.8 Å². The van der Waals surface area contributed by atoms with Crippen molar-refractivity contribution in [3.8, 4) is 0 Å². The molecule has 2 aliphatic heterocycles. The zero-order valence-corrected chi connectivity index (χ0v) is 14.2. The number of piperazine rings is 1. The summed E-state index contributed by atoms with van der Waals surface area (Å²) < 4.78 is 0. The van der Waals surface area contributed by atoms with E-state index in [9.17, 15) is 0 Å². The van der Waals surface area contributed by atoms with Gasteiger partial charge in [-0.25, -0.2) is 0 Å². The Morgan fingerprint density at radius 1 is 0.952 bits per heavy atom. The molecule has 2 saturated heterocycles. The van der Waals surface area contributed by atoms with Gasteiger partial charge in [0.2, 0.25) is 0 Å². The fraction of sp³-hybridized carbons (Fsp3) is 1.00.